The van der Waals surface area contributed by atoms with Crippen molar-refractivity contribution in [3.8, 4) is 0 Å². The molecular weight excluding hydrogens is 370 g/mol. The van der Waals surface area contributed by atoms with E-state index in [9.17, 15) is 10.1 Å². The molecule has 0 saturated carbocycles. The topological polar surface area (TPSA) is 105 Å². The fraction of sp³-hybridized carbons (Fsp3) is 0.500. The van der Waals surface area contributed by atoms with E-state index in [1.165, 1.54) is 11.1 Å². The molecule has 1 fully saturated rings. The first kappa shape index (κ1) is 20.4. The van der Waals surface area contributed by atoms with Crippen LogP contribution in [0.5, 0.6) is 0 Å². The van der Waals surface area contributed by atoms with Crippen molar-refractivity contribution in [1.29, 1.82) is 0 Å². The van der Waals surface area contributed by atoms with Gasteiger partial charge in [-0.1, -0.05) is 0 Å². The Balaban J connectivity index is 1.79. The van der Waals surface area contributed by atoms with Crippen LogP contribution in [0.4, 0.5) is 11.4 Å². The van der Waals surface area contributed by atoms with Crippen molar-refractivity contribution < 1.29 is 28.7 Å². The number of hydrogen-bond donors (Lipinski definition) is 0. The molecule has 0 unspecified atom stereocenters. The molecule has 0 radical (unpaired) electrons. The molecule has 2 aromatic rings. The van der Waals surface area contributed by atoms with Gasteiger partial charge in [-0.3, -0.25) is 19.9 Å². The second kappa shape index (κ2) is 10.8. The van der Waals surface area contributed by atoms with Crippen molar-refractivity contribution >= 4 is 22.3 Å². The molecule has 2 heterocycles. The Kier molecular flexibility index (Phi) is 7.88. The summed E-state index contributed by atoms with van der Waals surface area (Å²) in [6, 6.07) is 6.37. The number of hydrogen-bond acceptors (Lipinski definition) is 9. The minimum Gasteiger partial charge on any atom is -0.377 e. The summed E-state index contributed by atoms with van der Waals surface area (Å²) in [5.74, 6) is 0. The molecule has 1 aliphatic rings. The molecule has 3 rings (SSSR count). The maximum atomic E-state index is 11.3. The highest BCUT2D eigenvalue weighted by atomic mass is 16.7. The maximum Gasteiger partial charge on any atom is 0.278 e. The van der Waals surface area contributed by atoms with Crippen LogP contribution in [0.3, 0.4) is 0 Å². The average Bonchev–Trinajstić information content (AvgIpc) is 2.72. The summed E-state index contributed by atoms with van der Waals surface area (Å²) in [7, 11) is 0. The van der Waals surface area contributed by atoms with Crippen LogP contribution in [0, 0.1) is 10.1 Å². The molecule has 0 N–H and O–H groups in total. The van der Waals surface area contributed by atoms with Crippen molar-refractivity contribution in [2.45, 2.75) is 0 Å². The SMILES string of the molecule is O=[N+]([O-])c1ccc(N2COCCOCCOCCOCCO2)c2ncccc12. The smallest absolute Gasteiger partial charge is 0.278 e. The molecule has 1 aliphatic heterocycles. The van der Waals surface area contributed by atoms with Gasteiger partial charge in [-0.05, 0) is 18.2 Å². The van der Waals surface area contributed by atoms with Crippen molar-refractivity contribution in [1.82, 2.24) is 4.98 Å². The van der Waals surface area contributed by atoms with Gasteiger partial charge in [0.05, 0.1) is 68.9 Å². The maximum absolute atomic E-state index is 11.3. The standard InChI is InChI=1S/C18H23N3O7/c22-21(23)16-3-4-17(18-15(16)2-1-5-19-18)20-14-27-11-10-25-7-6-24-8-9-26-12-13-28-20/h1-5H,6-14H2. The lowest BCUT2D eigenvalue weighted by Crippen LogP contribution is -2.29. The third kappa shape index (κ3) is 5.57. The summed E-state index contributed by atoms with van der Waals surface area (Å²) in [5, 5.41) is 13.3. The number of ether oxygens (including phenoxy) is 4. The van der Waals surface area contributed by atoms with Crippen LogP contribution in [0.1, 0.15) is 0 Å². The predicted octanol–water partition coefficient (Wildman–Crippen LogP) is 1.92. The number of nitro benzene ring substituents is 1. The molecule has 0 bridgehead atoms. The van der Waals surface area contributed by atoms with Crippen LogP contribution in [-0.2, 0) is 23.8 Å². The average molecular weight is 393 g/mol. The number of fused-ring (bicyclic) bond motifs is 1. The van der Waals surface area contributed by atoms with E-state index in [2.05, 4.69) is 4.98 Å². The molecule has 10 nitrogen and oxygen atoms in total. The normalized spacial score (nSPS) is 18.4. The highest BCUT2D eigenvalue weighted by Gasteiger charge is 2.19. The first-order valence-corrected chi connectivity index (χ1v) is 9.01. The molecule has 152 valence electrons. The molecule has 0 aliphatic carbocycles. The molecule has 1 aromatic carbocycles. The number of pyridine rings is 1. The zero-order valence-electron chi connectivity index (χ0n) is 15.5. The van der Waals surface area contributed by atoms with Gasteiger partial charge in [0, 0.05) is 12.3 Å². The minimum atomic E-state index is -0.426. The Morgan fingerprint density at radius 1 is 0.893 bits per heavy atom. The third-order valence-corrected chi connectivity index (χ3v) is 3.99. The van der Waals surface area contributed by atoms with Gasteiger partial charge in [0.1, 0.15) is 12.2 Å². The molecule has 1 aromatic heterocycles. The highest BCUT2D eigenvalue weighted by molar-refractivity contribution is 5.96. The van der Waals surface area contributed by atoms with E-state index in [0.29, 0.717) is 62.8 Å². The number of aromatic nitrogens is 1. The van der Waals surface area contributed by atoms with Gasteiger partial charge < -0.3 is 18.9 Å². The molecule has 28 heavy (non-hydrogen) atoms. The lowest BCUT2D eigenvalue weighted by molar-refractivity contribution is -0.383. The van der Waals surface area contributed by atoms with Crippen LogP contribution < -0.4 is 5.06 Å². The first-order valence-electron chi connectivity index (χ1n) is 9.01. The van der Waals surface area contributed by atoms with E-state index in [1.54, 1.807) is 24.4 Å². The minimum absolute atomic E-state index is 0.0113. The lowest BCUT2D eigenvalue weighted by Gasteiger charge is -2.24. The van der Waals surface area contributed by atoms with Crippen LogP contribution in [-0.4, -0.2) is 69.5 Å². The number of nitro groups is 1. The van der Waals surface area contributed by atoms with Gasteiger partial charge in [0.15, 0.2) is 0 Å². The summed E-state index contributed by atoms with van der Waals surface area (Å²) in [4.78, 5) is 21.0. The Morgan fingerprint density at radius 3 is 2.21 bits per heavy atom. The van der Waals surface area contributed by atoms with E-state index in [4.69, 9.17) is 23.8 Å². The fourth-order valence-electron chi connectivity index (χ4n) is 2.69. The summed E-state index contributed by atoms with van der Waals surface area (Å²) in [5.41, 5.74) is 1.03. The van der Waals surface area contributed by atoms with Gasteiger partial charge in [-0.25, -0.2) is 5.06 Å². The summed E-state index contributed by atoms with van der Waals surface area (Å²) < 4.78 is 21.9. The quantitative estimate of drug-likeness (QED) is 0.559. The number of rotatable bonds is 2. The Labute approximate surface area is 162 Å². The van der Waals surface area contributed by atoms with E-state index < -0.39 is 4.92 Å². The van der Waals surface area contributed by atoms with E-state index >= 15 is 0 Å². The zero-order valence-corrected chi connectivity index (χ0v) is 15.5. The van der Waals surface area contributed by atoms with Crippen molar-refractivity contribution in [2.24, 2.45) is 0 Å². The summed E-state index contributed by atoms with van der Waals surface area (Å²) >= 11 is 0. The molecule has 10 heteroatoms. The molecule has 0 spiro atoms. The number of anilines is 1. The van der Waals surface area contributed by atoms with Gasteiger partial charge in [-0.15, -0.1) is 0 Å². The summed E-state index contributed by atoms with van der Waals surface area (Å²) in [6.45, 7) is 3.50. The third-order valence-electron chi connectivity index (χ3n) is 3.99. The van der Waals surface area contributed by atoms with E-state index in [-0.39, 0.29) is 19.0 Å². The van der Waals surface area contributed by atoms with Crippen LogP contribution in [0.2, 0.25) is 0 Å². The highest BCUT2D eigenvalue weighted by Crippen LogP contribution is 2.32. The predicted molar refractivity (Wildman–Crippen MR) is 100 cm³/mol. The summed E-state index contributed by atoms with van der Waals surface area (Å²) in [6.07, 6.45) is 1.58. The number of benzene rings is 1. The van der Waals surface area contributed by atoms with E-state index in [0.717, 1.165) is 0 Å². The Morgan fingerprint density at radius 2 is 1.54 bits per heavy atom. The number of hydroxylamine groups is 1. The van der Waals surface area contributed by atoms with Gasteiger partial charge in [0.2, 0.25) is 0 Å². The first-order chi connectivity index (χ1) is 13.8. The van der Waals surface area contributed by atoms with E-state index in [1.807, 2.05) is 0 Å². The van der Waals surface area contributed by atoms with Crippen LogP contribution >= 0.6 is 0 Å². The van der Waals surface area contributed by atoms with Crippen molar-refractivity contribution in [3.05, 3.63) is 40.6 Å². The molecule has 0 amide bonds. The Hall–Kier alpha value is -2.37. The second-order valence-corrected chi connectivity index (χ2v) is 5.85. The lowest BCUT2D eigenvalue weighted by atomic mass is 10.1. The zero-order chi connectivity index (χ0) is 19.6. The molecular formula is C18H23N3O7. The van der Waals surface area contributed by atoms with Gasteiger partial charge >= 0.3 is 0 Å². The Bertz CT molecular complexity index is 758. The number of nitrogens with zero attached hydrogens (tertiary/aromatic N) is 3. The monoisotopic (exact) mass is 393 g/mol. The second-order valence-electron chi connectivity index (χ2n) is 5.85. The van der Waals surface area contributed by atoms with Gasteiger partial charge in [0.25, 0.3) is 5.69 Å². The molecule has 0 atom stereocenters. The molecule has 1 saturated heterocycles. The van der Waals surface area contributed by atoms with Crippen molar-refractivity contribution in [2.75, 3.05) is 64.6 Å². The number of non-ortho nitro benzene ring substituents is 1. The van der Waals surface area contributed by atoms with Gasteiger partial charge in [-0.2, -0.15) is 0 Å². The van der Waals surface area contributed by atoms with Crippen LogP contribution in [0.25, 0.3) is 10.9 Å². The fourth-order valence-corrected chi connectivity index (χ4v) is 2.69. The largest absolute Gasteiger partial charge is 0.377 e. The van der Waals surface area contributed by atoms with Crippen LogP contribution in [0.15, 0.2) is 30.5 Å². The van der Waals surface area contributed by atoms with Crippen molar-refractivity contribution in [3.63, 3.8) is 0 Å².